The molecule has 0 aromatic carbocycles. The van der Waals surface area contributed by atoms with Gasteiger partial charge in [-0.3, -0.25) is 4.79 Å². The number of hydrogen-bond acceptors (Lipinski definition) is 2. The Kier molecular flexibility index (Phi) is 9.45. The highest BCUT2D eigenvalue weighted by Gasteiger charge is 2.32. The quantitative estimate of drug-likeness (QED) is 0.356. The summed E-state index contributed by atoms with van der Waals surface area (Å²) in [7, 11) is 0. The normalized spacial score (nSPS) is 24.6. The van der Waals surface area contributed by atoms with Crippen LogP contribution in [0.4, 0.5) is 0 Å². The average molecular weight is 345 g/mol. The molecule has 3 atom stereocenters. The lowest BCUT2D eigenvalue weighted by Gasteiger charge is -2.15. The van der Waals surface area contributed by atoms with E-state index in [9.17, 15) is 9.90 Å². The van der Waals surface area contributed by atoms with Crippen LogP contribution in [0.25, 0.3) is 0 Å². The SMILES string of the molecule is CC[C@H](O)/C=C/[C@H]1CCC(=O)[C@@H]1CCCCCCCBr. The van der Waals surface area contributed by atoms with Crippen molar-refractivity contribution in [2.45, 2.75) is 70.8 Å². The maximum Gasteiger partial charge on any atom is 0.136 e. The molecule has 116 valence electrons. The average Bonchev–Trinajstić information content (AvgIpc) is 2.81. The van der Waals surface area contributed by atoms with Gasteiger partial charge in [0, 0.05) is 17.7 Å². The standard InChI is InChI=1S/C17H29BrO2/c1-2-15(19)11-9-14-10-12-17(20)16(14)8-6-4-3-5-7-13-18/h9,11,14-16,19H,2-8,10,12-13H2,1H3/b11-9+/t14-,15-,16+/m0/s1. The van der Waals surface area contributed by atoms with E-state index in [0.717, 1.165) is 31.0 Å². The van der Waals surface area contributed by atoms with Crippen LogP contribution in [0, 0.1) is 11.8 Å². The van der Waals surface area contributed by atoms with E-state index in [-0.39, 0.29) is 12.0 Å². The molecule has 0 heterocycles. The van der Waals surface area contributed by atoms with E-state index in [0.29, 0.717) is 11.7 Å². The summed E-state index contributed by atoms with van der Waals surface area (Å²) in [5, 5.41) is 10.7. The van der Waals surface area contributed by atoms with Gasteiger partial charge in [0.05, 0.1) is 6.10 Å². The van der Waals surface area contributed by atoms with E-state index in [4.69, 9.17) is 0 Å². The van der Waals surface area contributed by atoms with Gasteiger partial charge < -0.3 is 5.11 Å². The third-order valence-corrected chi connectivity index (χ3v) is 4.86. The number of aliphatic hydroxyl groups excluding tert-OH is 1. The van der Waals surface area contributed by atoms with Crippen LogP contribution in [0.2, 0.25) is 0 Å². The van der Waals surface area contributed by atoms with Crippen molar-refractivity contribution in [3.63, 3.8) is 0 Å². The predicted molar refractivity (Wildman–Crippen MR) is 88.2 cm³/mol. The summed E-state index contributed by atoms with van der Waals surface area (Å²) < 4.78 is 0. The Bertz CT molecular complexity index is 301. The molecule has 0 radical (unpaired) electrons. The summed E-state index contributed by atoms with van der Waals surface area (Å²) in [6.45, 7) is 1.97. The van der Waals surface area contributed by atoms with Crippen LogP contribution >= 0.6 is 15.9 Å². The zero-order chi connectivity index (χ0) is 14.8. The lowest BCUT2D eigenvalue weighted by Crippen LogP contribution is -2.14. The first-order valence-corrected chi connectivity index (χ1v) is 9.26. The van der Waals surface area contributed by atoms with E-state index in [1.54, 1.807) is 0 Å². The van der Waals surface area contributed by atoms with Crippen LogP contribution in [0.5, 0.6) is 0 Å². The van der Waals surface area contributed by atoms with Gasteiger partial charge in [-0.15, -0.1) is 0 Å². The molecule has 20 heavy (non-hydrogen) atoms. The van der Waals surface area contributed by atoms with Crippen LogP contribution in [0.15, 0.2) is 12.2 Å². The minimum atomic E-state index is -0.351. The number of alkyl halides is 1. The number of halogens is 1. The fourth-order valence-electron chi connectivity index (χ4n) is 2.94. The number of unbranched alkanes of at least 4 members (excludes halogenated alkanes) is 4. The van der Waals surface area contributed by atoms with Crippen molar-refractivity contribution >= 4 is 21.7 Å². The highest BCUT2D eigenvalue weighted by Crippen LogP contribution is 2.34. The molecule has 0 aromatic heterocycles. The van der Waals surface area contributed by atoms with Gasteiger partial charge in [-0.1, -0.05) is 60.7 Å². The number of rotatable bonds is 10. The van der Waals surface area contributed by atoms with Crippen molar-refractivity contribution in [1.82, 2.24) is 0 Å². The summed E-state index contributed by atoms with van der Waals surface area (Å²) in [6, 6.07) is 0. The zero-order valence-corrected chi connectivity index (χ0v) is 14.3. The maximum atomic E-state index is 12.0. The van der Waals surface area contributed by atoms with Crippen LogP contribution in [-0.4, -0.2) is 22.3 Å². The summed E-state index contributed by atoms with van der Waals surface area (Å²) in [5.74, 6) is 1.02. The first-order valence-electron chi connectivity index (χ1n) is 8.14. The zero-order valence-electron chi connectivity index (χ0n) is 12.7. The van der Waals surface area contributed by atoms with Crippen molar-refractivity contribution in [2.24, 2.45) is 11.8 Å². The lowest BCUT2D eigenvalue weighted by atomic mass is 9.89. The number of carbonyl (C=O) groups is 1. The van der Waals surface area contributed by atoms with E-state index in [2.05, 4.69) is 22.0 Å². The molecule has 0 saturated heterocycles. The van der Waals surface area contributed by atoms with Crippen molar-refractivity contribution < 1.29 is 9.90 Å². The Morgan fingerprint density at radius 2 is 2.00 bits per heavy atom. The molecule has 0 aliphatic heterocycles. The molecule has 1 fully saturated rings. The molecule has 3 heteroatoms. The van der Waals surface area contributed by atoms with Crippen molar-refractivity contribution in [3.8, 4) is 0 Å². The van der Waals surface area contributed by atoms with Gasteiger partial charge in [0.15, 0.2) is 0 Å². The number of aliphatic hydroxyl groups is 1. The van der Waals surface area contributed by atoms with Crippen molar-refractivity contribution in [1.29, 1.82) is 0 Å². The van der Waals surface area contributed by atoms with Gasteiger partial charge >= 0.3 is 0 Å². The highest BCUT2D eigenvalue weighted by atomic mass is 79.9. The first-order chi connectivity index (χ1) is 9.69. The predicted octanol–water partition coefficient (Wildman–Crippen LogP) is 4.64. The summed E-state index contributed by atoms with van der Waals surface area (Å²) in [4.78, 5) is 12.0. The smallest absolute Gasteiger partial charge is 0.136 e. The van der Waals surface area contributed by atoms with Crippen molar-refractivity contribution in [2.75, 3.05) is 5.33 Å². The fourth-order valence-corrected chi connectivity index (χ4v) is 3.33. The lowest BCUT2D eigenvalue weighted by molar-refractivity contribution is -0.121. The van der Waals surface area contributed by atoms with E-state index < -0.39 is 0 Å². The highest BCUT2D eigenvalue weighted by molar-refractivity contribution is 9.09. The first kappa shape index (κ1) is 17.9. The molecule has 2 nitrogen and oxygen atoms in total. The minimum Gasteiger partial charge on any atom is -0.389 e. The number of hydrogen-bond donors (Lipinski definition) is 1. The van der Waals surface area contributed by atoms with Gasteiger partial charge in [0.25, 0.3) is 0 Å². The Labute approximate surface area is 132 Å². The Morgan fingerprint density at radius 1 is 1.30 bits per heavy atom. The summed E-state index contributed by atoms with van der Waals surface area (Å²) >= 11 is 3.45. The molecule has 1 aliphatic carbocycles. The van der Waals surface area contributed by atoms with Gasteiger partial charge in [0.2, 0.25) is 0 Å². The molecule has 0 amide bonds. The number of Topliss-reactive ketones (excluding diaryl/α,β-unsaturated/α-hetero) is 1. The fraction of sp³-hybridized carbons (Fsp3) is 0.824. The van der Waals surface area contributed by atoms with Gasteiger partial charge in [-0.25, -0.2) is 0 Å². The monoisotopic (exact) mass is 344 g/mol. The van der Waals surface area contributed by atoms with E-state index >= 15 is 0 Å². The summed E-state index contributed by atoms with van der Waals surface area (Å²) in [5.41, 5.74) is 0. The van der Waals surface area contributed by atoms with Crippen LogP contribution < -0.4 is 0 Å². The second-order valence-corrected chi connectivity index (χ2v) is 6.67. The van der Waals surface area contributed by atoms with E-state index in [1.807, 2.05) is 13.0 Å². The second-order valence-electron chi connectivity index (χ2n) is 5.88. The molecule has 1 rings (SSSR count). The third-order valence-electron chi connectivity index (χ3n) is 4.30. The molecule has 1 aliphatic rings. The Balaban J connectivity index is 2.29. The molecule has 0 unspecified atom stereocenters. The number of carbonyl (C=O) groups excluding carboxylic acids is 1. The van der Waals surface area contributed by atoms with Gasteiger partial charge in [-0.05, 0) is 31.6 Å². The van der Waals surface area contributed by atoms with Crippen LogP contribution in [0.1, 0.15) is 64.7 Å². The molecular weight excluding hydrogens is 316 g/mol. The molecular formula is C17H29BrO2. The van der Waals surface area contributed by atoms with E-state index in [1.165, 1.54) is 32.1 Å². The topological polar surface area (TPSA) is 37.3 Å². The largest absolute Gasteiger partial charge is 0.389 e. The Morgan fingerprint density at radius 3 is 2.70 bits per heavy atom. The molecule has 1 saturated carbocycles. The van der Waals surface area contributed by atoms with Crippen LogP contribution in [0.3, 0.4) is 0 Å². The maximum absolute atomic E-state index is 12.0. The molecule has 0 bridgehead atoms. The van der Waals surface area contributed by atoms with Gasteiger partial charge in [-0.2, -0.15) is 0 Å². The molecule has 1 N–H and O–H groups in total. The van der Waals surface area contributed by atoms with Gasteiger partial charge in [0.1, 0.15) is 5.78 Å². The molecule has 0 spiro atoms. The molecule has 0 aromatic rings. The number of allylic oxidation sites excluding steroid dienone is 1. The van der Waals surface area contributed by atoms with Crippen LogP contribution in [-0.2, 0) is 4.79 Å². The minimum absolute atomic E-state index is 0.214. The number of ketones is 1. The second kappa shape index (κ2) is 10.6. The van der Waals surface area contributed by atoms with Crippen molar-refractivity contribution in [3.05, 3.63) is 12.2 Å². The summed E-state index contributed by atoms with van der Waals surface area (Å²) in [6.07, 6.45) is 13.3. The Hall–Kier alpha value is -0.150. The third kappa shape index (κ3) is 6.53.